The summed E-state index contributed by atoms with van der Waals surface area (Å²) in [5.74, 6) is -2.47. The van der Waals surface area contributed by atoms with Crippen LogP contribution in [0.25, 0.3) is 0 Å². The highest BCUT2D eigenvalue weighted by Crippen LogP contribution is 2.56. The van der Waals surface area contributed by atoms with Crippen LogP contribution in [-0.4, -0.2) is 28.2 Å². The molecule has 4 N–H and O–H groups in total. The van der Waals surface area contributed by atoms with E-state index in [0.717, 1.165) is 0 Å². The standard InChI is InChI=1S/C8H13NO4/c1-2-8(7(12)13)3-4(8)5(9)6(10)11/h4-5H,2-3,9H2,1H3,(H,10,11)(H,12,13)/t4-,5-,8-/m0/s1. The molecule has 13 heavy (non-hydrogen) atoms. The predicted octanol–water partition coefficient (Wildman–Crippen LogP) is -0.101. The molecule has 3 atom stereocenters. The van der Waals surface area contributed by atoms with Crippen molar-refractivity contribution in [1.29, 1.82) is 0 Å². The van der Waals surface area contributed by atoms with Gasteiger partial charge in [-0.05, 0) is 12.8 Å². The van der Waals surface area contributed by atoms with Gasteiger partial charge >= 0.3 is 11.9 Å². The van der Waals surface area contributed by atoms with Crippen molar-refractivity contribution >= 4 is 11.9 Å². The highest BCUT2D eigenvalue weighted by Gasteiger charge is 2.62. The largest absolute Gasteiger partial charge is 0.481 e. The first-order chi connectivity index (χ1) is 5.95. The van der Waals surface area contributed by atoms with Gasteiger partial charge in [-0.25, -0.2) is 0 Å². The normalized spacial score (nSPS) is 33.8. The molecule has 0 aliphatic heterocycles. The lowest BCUT2D eigenvalue weighted by Crippen LogP contribution is -2.36. The summed E-state index contributed by atoms with van der Waals surface area (Å²) in [6.45, 7) is 1.74. The zero-order chi connectivity index (χ0) is 10.2. The number of hydrogen-bond acceptors (Lipinski definition) is 3. The number of carbonyl (C=O) groups is 2. The number of carboxylic acids is 2. The van der Waals surface area contributed by atoms with Crippen LogP contribution in [0.5, 0.6) is 0 Å². The average Bonchev–Trinajstić information content (AvgIpc) is 2.78. The lowest BCUT2D eigenvalue weighted by atomic mass is 9.97. The van der Waals surface area contributed by atoms with Crippen molar-refractivity contribution in [2.45, 2.75) is 25.8 Å². The predicted molar refractivity (Wildman–Crippen MR) is 44.1 cm³/mol. The molecule has 0 amide bonds. The van der Waals surface area contributed by atoms with Crippen molar-refractivity contribution in [2.24, 2.45) is 17.1 Å². The summed E-state index contributed by atoms with van der Waals surface area (Å²) in [7, 11) is 0. The molecule has 0 aromatic carbocycles. The van der Waals surface area contributed by atoms with Gasteiger partial charge in [-0.1, -0.05) is 6.92 Å². The Balaban J connectivity index is 2.70. The second-order valence-electron chi connectivity index (χ2n) is 3.49. The summed E-state index contributed by atoms with van der Waals surface area (Å²) in [5.41, 5.74) is 4.47. The van der Waals surface area contributed by atoms with Gasteiger partial charge in [0, 0.05) is 5.92 Å². The van der Waals surface area contributed by atoms with E-state index in [0.29, 0.717) is 12.8 Å². The number of nitrogens with two attached hydrogens (primary N) is 1. The van der Waals surface area contributed by atoms with E-state index in [1.54, 1.807) is 6.92 Å². The first-order valence-corrected chi connectivity index (χ1v) is 4.17. The van der Waals surface area contributed by atoms with E-state index in [1.165, 1.54) is 0 Å². The molecule has 1 aliphatic carbocycles. The van der Waals surface area contributed by atoms with Crippen LogP contribution < -0.4 is 5.73 Å². The molecule has 0 radical (unpaired) electrons. The summed E-state index contributed by atoms with van der Waals surface area (Å²) in [6.07, 6.45) is 0.820. The molecular weight excluding hydrogens is 174 g/mol. The Bertz CT molecular complexity index is 253. The molecule has 1 fully saturated rings. The maximum atomic E-state index is 10.8. The van der Waals surface area contributed by atoms with E-state index in [1.807, 2.05) is 0 Å². The highest BCUT2D eigenvalue weighted by atomic mass is 16.4. The summed E-state index contributed by atoms with van der Waals surface area (Å²) in [4.78, 5) is 21.3. The first-order valence-electron chi connectivity index (χ1n) is 4.17. The summed E-state index contributed by atoms with van der Waals surface area (Å²) < 4.78 is 0. The third-order valence-corrected chi connectivity index (χ3v) is 2.91. The fourth-order valence-electron chi connectivity index (χ4n) is 1.78. The third kappa shape index (κ3) is 1.39. The Labute approximate surface area is 75.5 Å². The van der Waals surface area contributed by atoms with Gasteiger partial charge in [-0.2, -0.15) is 0 Å². The number of aliphatic carboxylic acids is 2. The van der Waals surface area contributed by atoms with E-state index < -0.39 is 29.3 Å². The maximum absolute atomic E-state index is 10.8. The van der Waals surface area contributed by atoms with Crippen LogP contribution in [0.4, 0.5) is 0 Å². The van der Waals surface area contributed by atoms with E-state index in [9.17, 15) is 9.59 Å². The molecule has 1 rings (SSSR count). The van der Waals surface area contributed by atoms with Crippen molar-refractivity contribution in [3.8, 4) is 0 Å². The third-order valence-electron chi connectivity index (χ3n) is 2.91. The molecule has 0 unspecified atom stereocenters. The molecule has 0 spiro atoms. The van der Waals surface area contributed by atoms with Crippen molar-refractivity contribution < 1.29 is 19.8 Å². The van der Waals surface area contributed by atoms with Crippen LogP contribution in [0.1, 0.15) is 19.8 Å². The fourth-order valence-corrected chi connectivity index (χ4v) is 1.78. The molecule has 1 saturated carbocycles. The molecule has 74 valence electrons. The van der Waals surface area contributed by atoms with Gasteiger partial charge in [0.25, 0.3) is 0 Å². The van der Waals surface area contributed by atoms with Gasteiger partial charge in [0.1, 0.15) is 6.04 Å². The molecule has 0 saturated heterocycles. The molecule has 0 aromatic heterocycles. The maximum Gasteiger partial charge on any atom is 0.320 e. The average molecular weight is 187 g/mol. The Morgan fingerprint density at radius 2 is 2.15 bits per heavy atom. The van der Waals surface area contributed by atoms with Gasteiger partial charge in [0.05, 0.1) is 5.41 Å². The van der Waals surface area contributed by atoms with Gasteiger partial charge in [-0.3, -0.25) is 9.59 Å². The Morgan fingerprint density at radius 1 is 1.62 bits per heavy atom. The Kier molecular flexibility index (Phi) is 2.30. The van der Waals surface area contributed by atoms with Crippen LogP contribution in [0.2, 0.25) is 0 Å². The van der Waals surface area contributed by atoms with Crippen LogP contribution >= 0.6 is 0 Å². The van der Waals surface area contributed by atoms with Crippen LogP contribution in [-0.2, 0) is 9.59 Å². The molecule has 0 heterocycles. The van der Waals surface area contributed by atoms with E-state index >= 15 is 0 Å². The molecular formula is C8H13NO4. The van der Waals surface area contributed by atoms with Crippen molar-refractivity contribution in [2.75, 3.05) is 0 Å². The Hall–Kier alpha value is -1.10. The van der Waals surface area contributed by atoms with E-state index in [4.69, 9.17) is 15.9 Å². The summed E-state index contributed by atoms with van der Waals surface area (Å²) >= 11 is 0. The molecule has 5 heteroatoms. The van der Waals surface area contributed by atoms with Crippen molar-refractivity contribution in [3.05, 3.63) is 0 Å². The van der Waals surface area contributed by atoms with Gasteiger partial charge in [0.15, 0.2) is 0 Å². The lowest BCUT2D eigenvalue weighted by Gasteiger charge is -2.11. The van der Waals surface area contributed by atoms with Crippen LogP contribution in [0.3, 0.4) is 0 Å². The van der Waals surface area contributed by atoms with Crippen LogP contribution in [0, 0.1) is 11.3 Å². The summed E-state index contributed by atoms with van der Waals surface area (Å²) in [6, 6.07) is -1.05. The minimum Gasteiger partial charge on any atom is -0.481 e. The van der Waals surface area contributed by atoms with E-state index in [-0.39, 0.29) is 0 Å². The van der Waals surface area contributed by atoms with Gasteiger partial charge in [0.2, 0.25) is 0 Å². The fraction of sp³-hybridized carbons (Fsp3) is 0.750. The second-order valence-corrected chi connectivity index (χ2v) is 3.49. The second kappa shape index (κ2) is 2.99. The zero-order valence-electron chi connectivity index (χ0n) is 7.36. The van der Waals surface area contributed by atoms with Crippen LogP contribution in [0.15, 0.2) is 0 Å². The molecule has 0 bridgehead atoms. The summed E-state index contributed by atoms with van der Waals surface area (Å²) in [5, 5.41) is 17.4. The highest BCUT2D eigenvalue weighted by molar-refractivity contribution is 5.82. The minimum absolute atomic E-state index is 0.381. The molecule has 0 aromatic rings. The van der Waals surface area contributed by atoms with Crippen molar-refractivity contribution in [3.63, 3.8) is 0 Å². The van der Waals surface area contributed by atoms with Gasteiger partial charge < -0.3 is 15.9 Å². The minimum atomic E-state index is -1.12. The Morgan fingerprint density at radius 3 is 2.38 bits per heavy atom. The zero-order valence-corrected chi connectivity index (χ0v) is 7.36. The lowest BCUT2D eigenvalue weighted by molar-refractivity contribution is -0.145. The van der Waals surface area contributed by atoms with Crippen molar-refractivity contribution in [1.82, 2.24) is 0 Å². The smallest absolute Gasteiger partial charge is 0.320 e. The molecule has 1 aliphatic rings. The first kappa shape index (κ1) is 9.98. The SMILES string of the molecule is CC[C@]1(C(=O)O)C[C@H]1[C@H](N)C(=O)O. The number of carboxylic acid groups (broad SMARTS) is 2. The number of hydrogen-bond donors (Lipinski definition) is 3. The number of rotatable bonds is 4. The van der Waals surface area contributed by atoms with Gasteiger partial charge in [-0.15, -0.1) is 0 Å². The topological polar surface area (TPSA) is 101 Å². The van der Waals surface area contributed by atoms with E-state index in [2.05, 4.69) is 0 Å². The monoisotopic (exact) mass is 187 g/mol. The quantitative estimate of drug-likeness (QED) is 0.570. The molecule has 5 nitrogen and oxygen atoms in total.